The average molecular weight is 409 g/mol. The maximum atomic E-state index is 13.7. The minimum atomic E-state index is -0.710. The Kier molecular flexibility index (Phi) is 5.60. The van der Waals surface area contributed by atoms with E-state index in [9.17, 15) is 14.4 Å². The van der Waals surface area contributed by atoms with Crippen LogP contribution < -0.4 is 16.0 Å². The van der Waals surface area contributed by atoms with Crippen molar-refractivity contribution in [3.63, 3.8) is 0 Å². The summed E-state index contributed by atoms with van der Waals surface area (Å²) in [6.07, 6.45) is 3.44. The van der Waals surface area contributed by atoms with E-state index in [1.54, 1.807) is 16.7 Å². The molecule has 0 amide bonds. The van der Waals surface area contributed by atoms with Crippen LogP contribution in [0.1, 0.15) is 48.9 Å². The van der Waals surface area contributed by atoms with Crippen LogP contribution in [0.4, 0.5) is 4.39 Å². The predicted octanol–water partition coefficient (Wildman–Crippen LogP) is 3.34. The van der Waals surface area contributed by atoms with Crippen molar-refractivity contribution in [1.82, 2.24) is 4.57 Å². The monoisotopic (exact) mass is 409 g/mol. The first-order valence-electron chi connectivity index (χ1n) is 10.2. The molecule has 1 aromatic carbocycles. The van der Waals surface area contributed by atoms with Crippen LogP contribution in [0.3, 0.4) is 0 Å². The molecule has 0 aliphatic carbocycles. The fraction of sp³-hybridized carbons (Fsp3) is 0.391. The SMILES string of the molecule is CCCc1cc2c(c(=O)n1CC1CCCO1)C(c1ccc(F)cc1)C(C#N)=C(N)O2. The van der Waals surface area contributed by atoms with E-state index < -0.39 is 11.7 Å². The van der Waals surface area contributed by atoms with E-state index in [-0.39, 0.29) is 23.1 Å². The number of ether oxygens (including phenoxy) is 2. The second kappa shape index (κ2) is 8.33. The quantitative estimate of drug-likeness (QED) is 0.818. The maximum Gasteiger partial charge on any atom is 0.258 e. The standard InChI is InChI=1S/C23H24FN3O3/c1-2-4-16-11-19-21(23(28)27(16)13-17-5-3-10-29-17)20(18(12-25)22(26)30-19)14-6-8-15(24)9-7-14/h6-9,11,17,20H,2-5,10,13,26H2,1H3. The number of allylic oxidation sites excluding steroid dienone is 1. The van der Waals surface area contributed by atoms with Gasteiger partial charge in [-0.25, -0.2) is 4.39 Å². The molecule has 1 fully saturated rings. The molecule has 2 aliphatic rings. The second-order valence-corrected chi connectivity index (χ2v) is 7.69. The Balaban J connectivity index is 1.91. The van der Waals surface area contributed by atoms with E-state index in [2.05, 4.69) is 6.07 Å². The van der Waals surface area contributed by atoms with Crippen molar-refractivity contribution in [2.75, 3.05) is 6.61 Å². The minimum absolute atomic E-state index is 0.0128. The van der Waals surface area contributed by atoms with Crippen LogP contribution in [-0.4, -0.2) is 17.3 Å². The van der Waals surface area contributed by atoms with Crippen LogP contribution in [-0.2, 0) is 17.7 Å². The molecule has 1 saturated heterocycles. The molecule has 2 aliphatic heterocycles. The molecule has 2 unspecified atom stereocenters. The molecule has 0 bridgehead atoms. The largest absolute Gasteiger partial charge is 0.440 e. The Hall–Kier alpha value is -3.11. The molecule has 7 heteroatoms. The Bertz CT molecular complexity index is 1080. The van der Waals surface area contributed by atoms with Crippen molar-refractivity contribution in [3.05, 3.63) is 74.8 Å². The summed E-state index contributed by atoms with van der Waals surface area (Å²) in [6.45, 7) is 3.20. The zero-order chi connectivity index (χ0) is 21.3. The summed E-state index contributed by atoms with van der Waals surface area (Å²) < 4.78 is 26.7. The third kappa shape index (κ3) is 3.59. The molecule has 3 heterocycles. The van der Waals surface area contributed by atoms with Gasteiger partial charge in [-0.1, -0.05) is 25.5 Å². The molecule has 30 heavy (non-hydrogen) atoms. The lowest BCUT2D eigenvalue weighted by atomic mass is 9.84. The summed E-state index contributed by atoms with van der Waals surface area (Å²) in [5.74, 6) is -0.773. The molecule has 1 aromatic heterocycles. The highest BCUT2D eigenvalue weighted by atomic mass is 19.1. The number of hydrogen-bond acceptors (Lipinski definition) is 5. The number of rotatable bonds is 5. The zero-order valence-electron chi connectivity index (χ0n) is 16.9. The molecule has 156 valence electrons. The van der Waals surface area contributed by atoms with E-state index in [0.717, 1.165) is 25.0 Å². The Morgan fingerprint density at radius 1 is 1.33 bits per heavy atom. The zero-order valence-corrected chi connectivity index (χ0v) is 16.9. The van der Waals surface area contributed by atoms with Gasteiger partial charge in [-0.15, -0.1) is 0 Å². The number of fused-ring (bicyclic) bond motifs is 1. The Labute approximate surface area is 174 Å². The van der Waals surface area contributed by atoms with E-state index in [1.807, 2.05) is 13.0 Å². The molecular weight excluding hydrogens is 385 g/mol. The molecule has 4 rings (SSSR count). The second-order valence-electron chi connectivity index (χ2n) is 7.69. The average Bonchev–Trinajstić information content (AvgIpc) is 3.24. The van der Waals surface area contributed by atoms with E-state index in [0.29, 0.717) is 36.4 Å². The third-order valence-corrected chi connectivity index (χ3v) is 5.69. The summed E-state index contributed by atoms with van der Waals surface area (Å²) in [7, 11) is 0. The van der Waals surface area contributed by atoms with Gasteiger partial charge in [0, 0.05) is 18.4 Å². The van der Waals surface area contributed by atoms with Gasteiger partial charge in [-0.05, 0) is 37.0 Å². The van der Waals surface area contributed by atoms with E-state index in [1.165, 1.54) is 12.1 Å². The van der Waals surface area contributed by atoms with Crippen LogP contribution in [0.5, 0.6) is 5.75 Å². The highest BCUT2D eigenvalue weighted by Gasteiger charge is 2.35. The van der Waals surface area contributed by atoms with Crippen molar-refractivity contribution < 1.29 is 13.9 Å². The van der Waals surface area contributed by atoms with Gasteiger partial charge in [0.15, 0.2) is 0 Å². The fourth-order valence-electron chi connectivity index (χ4n) is 4.26. The number of nitrogens with two attached hydrogens (primary N) is 1. The lowest BCUT2D eigenvalue weighted by molar-refractivity contribution is 0.0952. The predicted molar refractivity (Wildman–Crippen MR) is 109 cm³/mol. The van der Waals surface area contributed by atoms with Crippen molar-refractivity contribution >= 4 is 0 Å². The molecule has 0 saturated carbocycles. The van der Waals surface area contributed by atoms with Crippen LogP contribution in [0.25, 0.3) is 0 Å². The fourth-order valence-corrected chi connectivity index (χ4v) is 4.26. The summed E-state index contributed by atoms with van der Waals surface area (Å²) in [5, 5.41) is 9.73. The Morgan fingerprint density at radius 3 is 2.73 bits per heavy atom. The van der Waals surface area contributed by atoms with Gasteiger partial charge in [0.25, 0.3) is 5.56 Å². The molecule has 0 spiro atoms. The van der Waals surface area contributed by atoms with Gasteiger partial charge in [-0.3, -0.25) is 4.79 Å². The van der Waals surface area contributed by atoms with E-state index in [4.69, 9.17) is 15.2 Å². The van der Waals surface area contributed by atoms with Crippen molar-refractivity contribution in [2.45, 2.75) is 51.2 Å². The van der Waals surface area contributed by atoms with E-state index >= 15 is 0 Å². The van der Waals surface area contributed by atoms with Crippen molar-refractivity contribution in [3.8, 4) is 11.8 Å². The van der Waals surface area contributed by atoms with Crippen LogP contribution >= 0.6 is 0 Å². The number of pyridine rings is 1. The summed E-state index contributed by atoms with van der Waals surface area (Å²) in [6, 6.07) is 9.69. The number of nitrogens with zero attached hydrogens (tertiary/aromatic N) is 2. The van der Waals surface area contributed by atoms with Crippen LogP contribution in [0.2, 0.25) is 0 Å². The first kappa shape index (κ1) is 20.2. The number of aromatic nitrogens is 1. The van der Waals surface area contributed by atoms with Crippen molar-refractivity contribution in [2.24, 2.45) is 5.73 Å². The van der Waals surface area contributed by atoms with Crippen LogP contribution in [0, 0.1) is 17.1 Å². The molecule has 6 nitrogen and oxygen atoms in total. The number of halogens is 1. The third-order valence-electron chi connectivity index (χ3n) is 5.69. The topological polar surface area (TPSA) is 90.3 Å². The molecule has 2 aromatic rings. The number of benzene rings is 1. The lowest BCUT2D eigenvalue weighted by Crippen LogP contribution is -2.35. The van der Waals surface area contributed by atoms with Gasteiger partial charge >= 0.3 is 0 Å². The maximum absolute atomic E-state index is 13.7. The number of nitriles is 1. The van der Waals surface area contributed by atoms with Gasteiger partial charge < -0.3 is 19.8 Å². The normalized spacial score (nSPS) is 20.6. The van der Waals surface area contributed by atoms with Crippen LogP contribution in [0.15, 0.2) is 46.6 Å². The first-order chi connectivity index (χ1) is 14.5. The smallest absolute Gasteiger partial charge is 0.258 e. The summed E-state index contributed by atoms with van der Waals surface area (Å²) in [4.78, 5) is 13.7. The summed E-state index contributed by atoms with van der Waals surface area (Å²) >= 11 is 0. The lowest BCUT2D eigenvalue weighted by Gasteiger charge is -2.28. The molecular formula is C23H24FN3O3. The Morgan fingerprint density at radius 2 is 2.10 bits per heavy atom. The van der Waals surface area contributed by atoms with Crippen molar-refractivity contribution in [1.29, 1.82) is 5.26 Å². The first-order valence-corrected chi connectivity index (χ1v) is 10.2. The van der Waals surface area contributed by atoms with Gasteiger partial charge in [-0.2, -0.15) is 5.26 Å². The highest BCUT2D eigenvalue weighted by molar-refractivity contribution is 5.55. The summed E-state index contributed by atoms with van der Waals surface area (Å²) in [5.41, 5.74) is 7.79. The molecule has 2 atom stereocenters. The van der Waals surface area contributed by atoms with Gasteiger partial charge in [0.2, 0.25) is 5.88 Å². The molecule has 0 radical (unpaired) electrons. The van der Waals surface area contributed by atoms with Gasteiger partial charge in [0.1, 0.15) is 23.2 Å². The molecule has 2 N–H and O–H groups in total. The number of aryl methyl sites for hydroxylation is 1. The minimum Gasteiger partial charge on any atom is -0.440 e. The number of hydrogen-bond donors (Lipinski definition) is 1. The van der Waals surface area contributed by atoms with Gasteiger partial charge in [0.05, 0.1) is 24.1 Å². The highest BCUT2D eigenvalue weighted by Crippen LogP contribution is 2.40.